The van der Waals surface area contributed by atoms with Gasteiger partial charge in [0, 0.05) is 30.7 Å². The zero-order chi connectivity index (χ0) is 19.6. The largest absolute Gasteiger partial charge is 0.444 e. The molecule has 4 heteroatoms. The highest BCUT2D eigenvalue weighted by atomic mass is 16.3. The van der Waals surface area contributed by atoms with Crippen molar-refractivity contribution in [3.05, 3.63) is 77.7 Å². The van der Waals surface area contributed by atoms with E-state index in [1.807, 2.05) is 36.6 Å². The van der Waals surface area contributed by atoms with Gasteiger partial charge in [-0.25, -0.2) is 4.98 Å². The van der Waals surface area contributed by atoms with E-state index < -0.39 is 0 Å². The first kappa shape index (κ1) is 18.6. The van der Waals surface area contributed by atoms with Crippen molar-refractivity contribution in [2.24, 2.45) is 0 Å². The van der Waals surface area contributed by atoms with Crippen LogP contribution in [0.3, 0.4) is 0 Å². The van der Waals surface area contributed by atoms with Gasteiger partial charge in [-0.15, -0.1) is 0 Å². The van der Waals surface area contributed by atoms with Crippen LogP contribution in [-0.2, 0) is 19.4 Å². The summed E-state index contributed by atoms with van der Waals surface area (Å²) in [5.74, 6) is 0.711. The summed E-state index contributed by atoms with van der Waals surface area (Å²) < 4.78 is 5.73. The fourth-order valence-corrected chi connectivity index (χ4v) is 4.95. The van der Waals surface area contributed by atoms with Crippen molar-refractivity contribution in [2.45, 2.75) is 44.3 Å². The topological polar surface area (TPSA) is 32.5 Å². The average molecular weight is 388 g/mol. The van der Waals surface area contributed by atoms with Crippen molar-refractivity contribution in [3.8, 4) is 11.5 Å². The molecule has 150 valence electrons. The summed E-state index contributed by atoms with van der Waals surface area (Å²) in [4.78, 5) is 9.90. The van der Waals surface area contributed by atoms with Crippen LogP contribution in [0.1, 0.15) is 29.7 Å². The maximum Gasteiger partial charge on any atom is 0.226 e. The number of oxazole rings is 1. The van der Waals surface area contributed by atoms with Gasteiger partial charge in [0.15, 0.2) is 0 Å². The molecule has 1 aliphatic carbocycles. The van der Waals surface area contributed by atoms with Gasteiger partial charge in [-0.05, 0) is 62.5 Å². The molecule has 1 aromatic heterocycles. The number of hydrogen-bond donors (Lipinski definition) is 0. The molecule has 0 amide bonds. The third-order valence-corrected chi connectivity index (χ3v) is 6.58. The standard InChI is InChI=1S/C25H29N3O/c1-27(16-22-18-29-25(26-22)19-8-3-2-4-9-19)23-12-7-13-28(17-23)24-14-20-10-5-6-11-21(20)15-24/h2-6,8-11,18,23-24H,7,12-17H2,1H3. The third-order valence-electron chi connectivity index (χ3n) is 6.58. The van der Waals surface area contributed by atoms with Crippen LogP contribution in [0.15, 0.2) is 65.3 Å². The summed E-state index contributed by atoms with van der Waals surface area (Å²) >= 11 is 0. The maximum atomic E-state index is 5.73. The lowest BCUT2D eigenvalue weighted by Crippen LogP contribution is -2.50. The summed E-state index contributed by atoms with van der Waals surface area (Å²) in [5.41, 5.74) is 5.14. The number of fused-ring (bicyclic) bond motifs is 1. The van der Waals surface area contributed by atoms with E-state index in [9.17, 15) is 0 Å². The number of likely N-dealkylation sites (N-methyl/N-ethyl adjacent to an activating group) is 1. The highest BCUT2D eigenvalue weighted by Crippen LogP contribution is 2.28. The van der Waals surface area contributed by atoms with Gasteiger partial charge in [0.2, 0.25) is 5.89 Å². The molecule has 5 rings (SSSR count). The van der Waals surface area contributed by atoms with Gasteiger partial charge < -0.3 is 4.42 Å². The van der Waals surface area contributed by atoms with E-state index >= 15 is 0 Å². The molecule has 0 N–H and O–H groups in total. The molecule has 0 spiro atoms. The van der Waals surface area contributed by atoms with E-state index in [-0.39, 0.29) is 0 Å². The van der Waals surface area contributed by atoms with Crippen molar-refractivity contribution in [1.29, 1.82) is 0 Å². The van der Waals surface area contributed by atoms with E-state index in [0.717, 1.165) is 24.3 Å². The molecule has 2 aromatic carbocycles. The number of nitrogens with zero attached hydrogens (tertiary/aromatic N) is 3. The van der Waals surface area contributed by atoms with Gasteiger partial charge in [0.05, 0.1) is 5.69 Å². The second-order valence-corrected chi connectivity index (χ2v) is 8.55. The second kappa shape index (κ2) is 8.13. The predicted octanol–water partition coefficient (Wildman–Crippen LogP) is 4.41. The molecule has 1 fully saturated rings. The van der Waals surface area contributed by atoms with Crippen molar-refractivity contribution in [2.75, 3.05) is 20.1 Å². The summed E-state index contributed by atoms with van der Waals surface area (Å²) in [7, 11) is 2.23. The Morgan fingerprint density at radius 2 is 1.76 bits per heavy atom. The van der Waals surface area contributed by atoms with Crippen molar-refractivity contribution in [1.82, 2.24) is 14.8 Å². The van der Waals surface area contributed by atoms with Crippen LogP contribution in [0.4, 0.5) is 0 Å². The van der Waals surface area contributed by atoms with Crippen molar-refractivity contribution in [3.63, 3.8) is 0 Å². The van der Waals surface area contributed by atoms with Gasteiger partial charge in [-0.2, -0.15) is 0 Å². The van der Waals surface area contributed by atoms with E-state index in [1.54, 1.807) is 11.1 Å². The number of benzene rings is 2. The van der Waals surface area contributed by atoms with Crippen molar-refractivity contribution >= 4 is 0 Å². The number of piperidine rings is 1. The van der Waals surface area contributed by atoms with E-state index in [4.69, 9.17) is 9.40 Å². The van der Waals surface area contributed by atoms with Gasteiger partial charge in [0.1, 0.15) is 6.26 Å². The molecule has 1 saturated heterocycles. The zero-order valence-electron chi connectivity index (χ0n) is 17.1. The van der Waals surface area contributed by atoms with Crippen molar-refractivity contribution < 1.29 is 4.42 Å². The zero-order valence-corrected chi connectivity index (χ0v) is 17.1. The number of rotatable bonds is 5. The van der Waals surface area contributed by atoms with Crippen LogP contribution in [0, 0.1) is 0 Å². The van der Waals surface area contributed by atoms with Gasteiger partial charge in [-0.1, -0.05) is 42.5 Å². The molecule has 0 radical (unpaired) electrons. The minimum absolute atomic E-state index is 0.573. The lowest BCUT2D eigenvalue weighted by molar-refractivity contribution is 0.0829. The Bertz CT molecular complexity index is 926. The molecule has 0 bridgehead atoms. The minimum atomic E-state index is 0.573. The molecule has 1 unspecified atom stereocenters. The molecule has 1 aliphatic heterocycles. The Hall–Kier alpha value is -2.43. The van der Waals surface area contributed by atoms with E-state index in [0.29, 0.717) is 18.0 Å². The fourth-order valence-electron chi connectivity index (χ4n) is 4.95. The van der Waals surface area contributed by atoms with Crippen LogP contribution in [0.2, 0.25) is 0 Å². The quantitative estimate of drug-likeness (QED) is 0.649. The molecule has 1 atom stereocenters. The minimum Gasteiger partial charge on any atom is -0.444 e. The summed E-state index contributed by atoms with van der Waals surface area (Å²) in [6, 6.07) is 20.3. The van der Waals surface area contributed by atoms with Gasteiger partial charge in [0.25, 0.3) is 0 Å². The van der Waals surface area contributed by atoms with Gasteiger partial charge >= 0.3 is 0 Å². The van der Waals surface area contributed by atoms with Crippen LogP contribution < -0.4 is 0 Å². The Morgan fingerprint density at radius 1 is 1.03 bits per heavy atom. The van der Waals surface area contributed by atoms with Gasteiger partial charge in [-0.3, -0.25) is 9.80 Å². The van der Waals surface area contributed by atoms with E-state index in [2.05, 4.69) is 41.1 Å². The fraction of sp³-hybridized carbons (Fsp3) is 0.400. The Labute approximate surface area is 173 Å². The first-order valence-electron chi connectivity index (χ1n) is 10.8. The Kier molecular flexibility index (Phi) is 5.21. The van der Waals surface area contributed by atoms with Crippen LogP contribution in [0.5, 0.6) is 0 Å². The Morgan fingerprint density at radius 3 is 2.52 bits per heavy atom. The number of hydrogen-bond acceptors (Lipinski definition) is 4. The third kappa shape index (κ3) is 4.00. The van der Waals surface area contributed by atoms with E-state index in [1.165, 1.54) is 32.2 Å². The molecule has 4 nitrogen and oxygen atoms in total. The molecule has 0 saturated carbocycles. The molecular weight excluding hydrogens is 358 g/mol. The summed E-state index contributed by atoms with van der Waals surface area (Å²) in [5, 5.41) is 0. The predicted molar refractivity (Wildman–Crippen MR) is 116 cm³/mol. The number of aromatic nitrogens is 1. The monoisotopic (exact) mass is 387 g/mol. The molecule has 2 heterocycles. The lowest BCUT2D eigenvalue weighted by atomic mass is 10.0. The molecule has 2 aliphatic rings. The van der Waals surface area contributed by atoms with Crippen LogP contribution in [0.25, 0.3) is 11.5 Å². The van der Waals surface area contributed by atoms with Crippen LogP contribution in [-0.4, -0.2) is 47.0 Å². The highest BCUT2D eigenvalue weighted by Gasteiger charge is 2.31. The highest BCUT2D eigenvalue weighted by molar-refractivity contribution is 5.52. The molecule has 29 heavy (non-hydrogen) atoms. The Balaban J connectivity index is 1.21. The smallest absolute Gasteiger partial charge is 0.226 e. The molecule has 3 aromatic rings. The second-order valence-electron chi connectivity index (χ2n) is 8.55. The summed E-state index contributed by atoms with van der Waals surface area (Å²) in [6.45, 7) is 3.21. The SMILES string of the molecule is CN(Cc1coc(-c2ccccc2)n1)C1CCCN(C2Cc3ccccc3C2)C1. The first-order chi connectivity index (χ1) is 14.3. The molecular formula is C25H29N3O. The first-order valence-corrected chi connectivity index (χ1v) is 10.8. The number of likely N-dealkylation sites (tertiary alicyclic amines) is 1. The normalized spacial score (nSPS) is 20.3. The average Bonchev–Trinajstić information content (AvgIpc) is 3.41. The van der Waals surface area contributed by atoms with Crippen LogP contribution >= 0.6 is 0 Å². The maximum absolute atomic E-state index is 5.73. The lowest BCUT2D eigenvalue weighted by Gasteiger charge is -2.40. The summed E-state index contributed by atoms with van der Waals surface area (Å²) in [6.07, 6.45) is 6.76.